The first-order chi connectivity index (χ1) is 12.7. The van der Waals surface area contributed by atoms with Crippen LogP contribution in [0, 0.1) is 5.92 Å². The van der Waals surface area contributed by atoms with Gasteiger partial charge in [0.25, 0.3) is 5.91 Å². The van der Waals surface area contributed by atoms with Crippen LogP contribution in [-0.2, 0) is 11.0 Å². The summed E-state index contributed by atoms with van der Waals surface area (Å²) in [5.41, 5.74) is 0.279. The Morgan fingerprint density at radius 2 is 1.96 bits per heavy atom. The summed E-state index contributed by atoms with van der Waals surface area (Å²) in [6.45, 7) is 5.05. The minimum atomic E-state index is -4.49. The quantitative estimate of drug-likeness (QED) is 0.750. The molecule has 2 amide bonds. The smallest absolute Gasteiger partial charge is 0.336 e. The molecule has 0 N–H and O–H groups in total. The topological polar surface area (TPSA) is 40.6 Å². The molecule has 146 valence electrons. The zero-order chi connectivity index (χ0) is 19.8. The number of nitrogens with zero attached hydrogens (tertiary/aromatic N) is 2. The monoisotopic (exact) mass is 380 g/mol. The molecule has 3 fully saturated rings. The minimum absolute atomic E-state index is 0.00872. The highest BCUT2D eigenvalue weighted by atomic mass is 19.4. The van der Waals surface area contributed by atoms with E-state index in [-0.39, 0.29) is 30.0 Å². The third-order valence-corrected chi connectivity index (χ3v) is 5.21. The molecule has 0 unspecified atom stereocenters. The van der Waals surface area contributed by atoms with Crippen LogP contribution in [0.5, 0.6) is 0 Å². The predicted molar refractivity (Wildman–Crippen MR) is 95.0 cm³/mol. The van der Waals surface area contributed by atoms with E-state index in [1.54, 1.807) is 4.90 Å². The van der Waals surface area contributed by atoms with Crippen molar-refractivity contribution in [3.8, 4) is 0 Å². The van der Waals surface area contributed by atoms with Gasteiger partial charge in [0.1, 0.15) is 0 Å². The lowest BCUT2D eigenvalue weighted by atomic mass is 9.94. The summed E-state index contributed by atoms with van der Waals surface area (Å²) in [6.07, 6.45) is -0.997. The molecule has 7 heteroatoms. The Bertz CT molecular complexity index is 769. The van der Waals surface area contributed by atoms with E-state index >= 15 is 0 Å². The van der Waals surface area contributed by atoms with Crippen LogP contribution >= 0.6 is 0 Å². The third-order valence-electron chi connectivity index (χ3n) is 5.21. The highest BCUT2D eigenvalue weighted by molar-refractivity contribution is 5.95. The molecule has 3 aliphatic heterocycles. The Morgan fingerprint density at radius 3 is 2.63 bits per heavy atom. The largest absolute Gasteiger partial charge is 0.416 e. The van der Waals surface area contributed by atoms with Gasteiger partial charge in [0.2, 0.25) is 5.91 Å². The average Bonchev–Trinajstić information content (AvgIpc) is 2.90. The first kappa shape index (κ1) is 19.5. The van der Waals surface area contributed by atoms with Gasteiger partial charge >= 0.3 is 6.18 Å². The zero-order valence-corrected chi connectivity index (χ0v) is 15.4. The third kappa shape index (κ3) is 4.17. The Balaban J connectivity index is 1.82. The Hall–Kier alpha value is -2.31. The summed E-state index contributed by atoms with van der Waals surface area (Å²) in [6, 6.07) is 4.38. The van der Waals surface area contributed by atoms with Crippen LogP contribution in [0.1, 0.15) is 42.6 Å². The van der Waals surface area contributed by atoms with Crippen molar-refractivity contribution in [2.24, 2.45) is 5.92 Å². The van der Waals surface area contributed by atoms with E-state index in [0.717, 1.165) is 24.1 Å². The second kappa shape index (κ2) is 7.37. The number of amides is 2. The van der Waals surface area contributed by atoms with Gasteiger partial charge in [0.15, 0.2) is 0 Å². The van der Waals surface area contributed by atoms with Gasteiger partial charge in [-0.25, -0.2) is 0 Å². The summed E-state index contributed by atoms with van der Waals surface area (Å²) >= 11 is 0. The zero-order valence-electron chi connectivity index (χ0n) is 15.4. The second-order valence-corrected chi connectivity index (χ2v) is 7.49. The number of hydrogen-bond acceptors (Lipinski definition) is 2. The molecule has 4 nitrogen and oxygen atoms in total. The number of carbonyl (C=O) groups excluding carboxylic acids is 2. The molecule has 1 aromatic rings. The van der Waals surface area contributed by atoms with Gasteiger partial charge in [-0.05, 0) is 44.9 Å². The van der Waals surface area contributed by atoms with Gasteiger partial charge < -0.3 is 9.80 Å². The SMILES string of the molecule is CC(C)=CCN1C(=O)[C@H]2CC[C@@H]1CN(C(=O)c1cccc(C(F)(F)F)c1)C2. The van der Waals surface area contributed by atoms with Crippen LogP contribution in [0.2, 0.25) is 0 Å². The molecule has 2 bridgehead atoms. The van der Waals surface area contributed by atoms with E-state index < -0.39 is 17.6 Å². The lowest BCUT2D eigenvalue weighted by Gasteiger charge is -2.35. The molecule has 0 aliphatic carbocycles. The summed E-state index contributed by atoms with van der Waals surface area (Å²) in [4.78, 5) is 28.9. The average molecular weight is 380 g/mol. The molecule has 1 aromatic carbocycles. The molecule has 3 aliphatic rings. The van der Waals surface area contributed by atoms with Crippen LogP contribution in [0.25, 0.3) is 0 Å². The second-order valence-electron chi connectivity index (χ2n) is 7.49. The lowest BCUT2D eigenvalue weighted by Crippen LogP contribution is -2.48. The van der Waals surface area contributed by atoms with Gasteiger partial charge in [0.05, 0.1) is 11.5 Å². The standard InChI is InChI=1S/C20H23F3N2O2/c1-13(2)8-9-25-17-7-6-15(19(25)27)11-24(12-17)18(26)14-4-3-5-16(10-14)20(21,22)23/h3-5,8,10,15,17H,6-7,9,11-12H2,1-2H3/t15-,17+/m0/s1. The molecule has 4 rings (SSSR count). The van der Waals surface area contributed by atoms with Crippen LogP contribution < -0.4 is 0 Å². The number of halogens is 3. The van der Waals surface area contributed by atoms with Gasteiger partial charge in [0, 0.05) is 31.2 Å². The summed E-state index contributed by atoms with van der Waals surface area (Å²) in [5, 5.41) is 0. The van der Waals surface area contributed by atoms with Crippen LogP contribution in [0.15, 0.2) is 35.9 Å². The molecule has 3 saturated heterocycles. The molecule has 0 aromatic heterocycles. The fourth-order valence-corrected chi connectivity index (χ4v) is 3.74. The molecular weight excluding hydrogens is 357 g/mol. The molecule has 2 atom stereocenters. The van der Waals surface area contributed by atoms with E-state index in [1.165, 1.54) is 17.0 Å². The number of fused-ring (bicyclic) bond motifs is 4. The number of allylic oxidation sites excluding steroid dienone is 1. The van der Waals surface area contributed by atoms with Gasteiger partial charge in [-0.15, -0.1) is 0 Å². The van der Waals surface area contributed by atoms with E-state index in [0.29, 0.717) is 19.5 Å². The minimum Gasteiger partial charge on any atom is -0.336 e. The summed E-state index contributed by atoms with van der Waals surface area (Å²) in [7, 11) is 0. The predicted octanol–water partition coefficient (Wildman–Crippen LogP) is 3.73. The normalized spacial score (nSPS) is 22.6. The van der Waals surface area contributed by atoms with Gasteiger partial charge in [-0.3, -0.25) is 9.59 Å². The van der Waals surface area contributed by atoms with Crippen LogP contribution in [0.3, 0.4) is 0 Å². The number of piperidine rings is 1. The number of rotatable bonds is 3. The maximum atomic E-state index is 12.9. The van der Waals surface area contributed by atoms with Crippen molar-refractivity contribution in [3.63, 3.8) is 0 Å². The highest BCUT2D eigenvalue weighted by Gasteiger charge is 2.41. The van der Waals surface area contributed by atoms with Crippen molar-refractivity contribution in [1.82, 2.24) is 9.80 Å². The fraction of sp³-hybridized carbons (Fsp3) is 0.500. The first-order valence-electron chi connectivity index (χ1n) is 9.07. The molecular formula is C20H23F3N2O2. The maximum absolute atomic E-state index is 12.9. The van der Waals surface area contributed by atoms with Crippen molar-refractivity contribution < 1.29 is 22.8 Å². The molecule has 0 radical (unpaired) electrons. The maximum Gasteiger partial charge on any atom is 0.416 e. The molecule has 3 heterocycles. The number of carbonyl (C=O) groups is 2. The van der Waals surface area contributed by atoms with Crippen molar-refractivity contribution in [2.75, 3.05) is 19.6 Å². The van der Waals surface area contributed by atoms with E-state index in [4.69, 9.17) is 0 Å². The molecule has 0 saturated carbocycles. The number of benzene rings is 1. The van der Waals surface area contributed by atoms with Crippen LogP contribution in [0.4, 0.5) is 13.2 Å². The number of alkyl halides is 3. The molecule has 0 spiro atoms. The van der Waals surface area contributed by atoms with Crippen molar-refractivity contribution >= 4 is 11.8 Å². The highest BCUT2D eigenvalue weighted by Crippen LogP contribution is 2.32. The lowest BCUT2D eigenvalue weighted by molar-refractivity contribution is -0.139. The van der Waals surface area contributed by atoms with Gasteiger partial charge in [-0.2, -0.15) is 13.2 Å². The van der Waals surface area contributed by atoms with Crippen molar-refractivity contribution in [2.45, 2.75) is 38.9 Å². The molecule has 27 heavy (non-hydrogen) atoms. The number of hydrogen-bond donors (Lipinski definition) is 0. The fourth-order valence-electron chi connectivity index (χ4n) is 3.74. The van der Waals surface area contributed by atoms with Crippen molar-refractivity contribution in [1.29, 1.82) is 0 Å². The Morgan fingerprint density at radius 1 is 1.22 bits per heavy atom. The Kier molecular flexibility index (Phi) is 5.31. The van der Waals surface area contributed by atoms with Gasteiger partial charge in [-0.1, -0.05) is 17.7 Å². The first-order valence-corrected chi connectivity index (χ1v) is 9.07. The van der Waals surface area contributed by atoms with Crippen LogP contribution in [-0.4, -0.2) is 47.3 Å². The van der Waals surface area contributed by atoms with E-state index in [1.807, 2.05) is 19.9 Å². The van der Waals surface area contributed by atoms with E-state index in [9.17, 15) is 22.8 Å². The summed E-state index contributed by atoms with van der Waals surface area (Å²) in [5.74, 6) is -0.706. The van der Waals surface area contributed by atoms with E-state index in [2.05, 4.69) is 0 Å². The van der Waals surface area contributed by atoms with Crippen molar-refractivity contribution in [3.05, 3.63) is 47.0 Å². The summed E-state index contributed by atoms with van der Waals surface area (Å²) < 4.78 is 38.8. The Labute approximate surface area is 156 Å².